The molecule has 0 radical (unpaired) electrons. The second-order valence-corrected chi connectivity index (χ2v) is 14.5. The lowest BCUT2D eigenvalue weighted by Crippen LogP contribution is -2.11. The minimum Gasteiger partial charge on any atom is -0.456 e. The summed E-state index contributed by atoms with van der Waals surface area (Å²) in [5.41, 5.74) is 12.1. The first-order valence-corrected chi connectivity index (χ1v) is 19.0. The Morgan fingerprint density at radius 2 is 0.964 bits per heavy atom. The standard InChI is InChI=1S/C52H32N2O2/c1-2-14-34-30-51-44(29-33(34)13-1)43-22-12-21-42(52(43)56-51)40-19-5-7-23-46(40)53(37-27-28-50-45(32-37)41-20-6-10-26-49(41)55-50)35-15-11-16-36(31-35)54-47-24-8-3-17-38(47)39-18-4-9-25-48(39)54/h1-32H. The minimum atomic E-state index is 0.863. The van der Waals surface area contributed by atoms with Gasteiger partial charge in [-0.05, 0) is 83.6 Å². The summed E-state index contributed by atoms with van der Waals surface area (Å²) in [5.74, 6) is 0. The monoisotopic (exact) mass is 716 g/mol. The molecule has 0 unspecified atom stereocenters. The molecule has 12 aromatic rings. The number of benzene rings is 9. The van der Waals surface area contributed by atoms with E-state index in [0.29, 0.717) is 0 Å². The maximum atomic E-state index is 6.80. The molecule has 0 fully saturated rings. The Hall–Kier alpha value is -7.56. The Bertz CT molecular complexity index is 3460. The molecule has 12 rings (SSSR count). The van der Waals surface area contributed by atoms with Crippen LogP contribution in [0.2, 0.25) is 0 Å². The van der Waals surface area contributed by atoms with Crippen LogP contribution in [-0.2, 0) is 0 Å². The van der Waals surface area contributed by atoms with Gasteiger partial charge in [-0.3, -0.25) is 0 Å². The summed E-state index contributed by atoms with van der Waals surface area (Å²) >= 11 is 0. The van der Waals surface area contributed by atoms with Crippen molar-refractivity contribution in [2.75, 3.05) is 4.90 Å². The number of anilines is 3. The van der Waals surface area contributed by atoms with Gasteiger partial charge in [0.2, 0.25) is 0 Å². The van der Waals surface area contributed by atoms with Crippen LogP contribution < -0.4 is 4.90 Å². The van der Waals surface area contributed by atoms with Gasteiger partial charge in [0, 0.05) is 60.5 Å². The molecule has 3 aromatic heterocycles. The topological polar surface area (TPSA) is 34.5 Å². The van der Waals surface area contributed by atoms with Gasteiger partial charge < -0.3 is 18.3 Å². The maximum absolute atomic E-state index is 6.80. The molecular formula is C52H32N2O2. The SMILES string of the molecule is c1cc(N(c2ccc3oc4ccccc4c3c2)c2ccccc2-c2cccc3c2oc2cc4ccccc4cc23)cc(-n2c3ccccc3c3ccccc32)c1. The molecule has 0 aliphatic heterocycles. The average Bonchev–Trinajstić information content (AvgIpc) is 3.92. The minimum absolute atomic E-state index is 0.863. The van der Waals surface area contributed by atoms with Crippen LogP contribution in [0.15, 0.2) is 203 Å². The van der Waals surface area contributed by atoms with Crippen molar-refractivity contribution in [3.05, 3.63) is 194 Å². The van der Waals surface area contributed by atoms with E-state index < -0.39 is 0 Å². The molecule has 0 aliphatic rings. The van der Waals surface area contributed by atoms with Crippen LogP contribution in [-0.4, -0.2) is 4.57 Å². The van der Waals surface area contributed by atoms with E-state index in [1.54, 1.807) is 0 Å². The highest BCUT2D eigenvalue weighted by molar-refractivity contribution is 6.14. The lowest BCUT2D eigenvalue weighted by molar-refractivity contribution is 0.669. The van der Waals surface area contributed by atoms with E-state index in [2.05, 4.69) is 191 Å². The number of hydrogen-bond donors (Lipinski definition) is 0. The number of aromatic nitrogens is 1. The molecule has 4 nitrogen and oxygen atoms in total. The van der Waals surface area contributed by atoms with Crippen LogP contribution in [0.1, 0.15) is 0 Å². The van der Waals surface area contributed by atoms with Crippen LogP contribution in [0.5, 0.6) is 0 Å². The lowest BCUT2D eigenvalue weighted by Gasteiger charge is -2.28. The van der Waals surface area contributed by atoms with E-state index in [1.165, 1.54) is 27.2 Å². The summed E-state index contributed by atoms with van der Waals surface area (Å²) in [7, 11) is 0. The first kappa shape index (κ1) is 30.9. The number of furan rings is 2. The smallest absolute Gasteiger partial charge is 0.143 e. The number of rotatable bonds is 5. The highest BCUT2D eigenvalue weighted by Crippen LogP contribution is 2.46. The summed E-state index contributed by atoms with van der Waals surface area (Å²) < 4.78 is 15.5. The third-order valence-corrected chi connectivity index (χ3v) is 11.3. The molecule has 0 bridgehead atoms. The zero-order chi connectivity index (χ0) is 36.7. The first-order valence-electron chi connectivity index (χ1n) is 19.0. The van der Waals surface area contributed by atoms with E-state index in [-0.39, 0.29) is 0 Å². The Balaban J connectivity index is 1.11. The summed E-state index contributed by atoms with van der Waals surface area (Å²) in [6.07, 6.45) is 0. The quantitative estimate of drug-likeness (QED) is 0.178. The van der Waals surface area contributed by atoms with Crippen molar-refractivity contribution in [1.82, 2.24) is 4.57 Å². The molecule has 0 spiro atoms. The van der Waals surface area contributed by atoms with Crippen molar-refractivity contribution in [2.24, 2.45) is 0 Å². The van der Waals surface area contributed by atoms with Gasteiger partial charge in [0.05, 0.1) is 16.7 Å². The summed E-state index contributed by atoms with van der Waals surface area (Å²) in [4.78, 5) is 2.38. The molecule has 0 aliphatic carbocycles. The third-order valence-electron chi connectivity index (χ3n) is 11.3. The predicted octanol–water partition coefficient (Wildman–Crippen LogP) is 14.9. The molecule has 0 N–H and O–H groups in total. The Morgan fingerprint density at radius 3 is 1.80 bits per heavy atom. The van der Waals surface area contributed by atoms with Gasteiger partial charge in [0.1, 0.15) is 22.3 Å². The van der Waals surface area contributed by atoms with Gasteiger partial charge in [-0.25, -0.2) is 0 Å². The van der Waals surface area contributed by atoms with Gasteiger partial charge in [0.25, 0.3) is 0 Å². The normalized spacial score (nSPS) is 11.9. The third kappa shape index (κ3) is 4.60. The van der Waals surface area contributed by atoms with Gasteiger partial charge in [-0.15, -0.1) is 0 Å². The van der Waals surface area contributed by atoms with Crippen LogP contribution in [0.4, 0.5) is 17.1 Å². The Labute approximate surface area is 321 Å². The molecule has 262 valence electrons. The van der Waals surface area contributed by atoms with E-state index in [4.69, 9.17) is 8.83 Å². The molecule has 0 atom stereocenters. The molecule has 4 heteroatoms. The Kier molecular flexibility index (Phi) is 6.60. The first-order chi connectivity index (χ1) is 27.8. The molecule has 0 saturated carbocycles. The predicted molar refractivity (Wildman–Crippen MR) is 233 cm³/mol. The molecule has 3 heterocycles. The maximum Gasteiger partial charge on any atom is 0.143 e. The van der Waals surface area contributed by atoms with Gasteiger partial charge in [-0.1, -0.05) is 121 Å². The lowest BCUT2D eigenvalue weighted by atomic mass is 9.98. The van der Waals surface area contributed by atoms with E-state index >= 15 is 0 Å². The Morgan fingerprint density at radius 1 is 0.357 bits per heavy atom. The van der Waals surface area contributed by atoms with E-state index in [0.717, 1.165) is 83.1 Å². The van der Waals surface area contributed by atoms with E-state index in [1.807, 2.05) is 12.1 Å². The molecular weight excluding hydrogens is 685 g/mol. The molecule has 0 amide bonds. The van der Waals surface area contributed by atoms with Crippen molar-refractivity contribution in [1.29, 1.82) is 0 Å². The average molecular weight is 717 g/mol. The molecule has 0 saturated heterocycles. The van der Waals surface area contributed by atoms with Crippen LogP contribution in [0, 0.1) is 0 Å². The van der Waals surface area contributed by atoms with Crippen molar-refractivity contribution >= 4 is 93.5 Å². The number of para-hydroxylation sites is 5. The van der Waals surface area contributed by atoms with Crippen molar-refractivity contribution in [2.45, 2.75) is 0 Å². The zero-order valence-electron chi connectivity index (χ0n) is 30.2. The van der Waals surface area contributed by atoms with Crippen molar-refractivity contribution in [3.8, 4) is 16.8 Å². The molecule has 56 heavy (non-hydrogen) atoms. The number of hydrogen-bond acceptors (Lipinski definition) is 3. The summed E-state index contributed by atoms with van der Waals surface area (Å²) in [5, 5.41) is 9.22. The largest absolute Gasteiger partial charge is 0.456 e. The summed E-state index contributed by atoms with van der Waals surface area (Å²) in [6, 6.07) is 69.1. The van der Waals surface area contributed by atoms with Crippen LogP contribution >= 0.6 is 0 Å². The fourth-order valence-corrected chi connectivity index (χ4v) is 8.84. The zero-order valence-corrected chi connectivity index (χ0v) is 30.2. The highest BCUT2D eigenvalue weighted by atomic mass is 16.3. The van der Waals surface area contributed by atoms with Gasteiger partial charge in [-0.2, -0.15) is 0 Å². The second-order valence-electron chi connectivity index (χ2n) is 14.5. The van der Waals surface area contributed by atoms with Gasteiger partial charge in [0.15, 0.2) is 0 Å². The van der Waals surface area contributed by atoms with E-state index in [9.17, 15) is 0 Å². The van der Waals surface area contributed by atoms with Crippen molar-refractivity contribution in [3.63, 3.8) is 0 Å². The van der Waals surface area contributed by atoms with Crippen LogP contribution in [0.3, 0.4) is 0 Å². The molecule has 9 aromatic carbocycles. The fourth-order valence-electron chi connectivity index (χ4n) is 8.84. The fraction of sp³-hybridized carbons (Fsp3) is 0. The van der Waals surface area contributed by atoms with Crippen molar-refractivity contribution < 1.29 is 8.83 Å². The highest BCUT2D eigenvalue weighted by Gasteiger charge is 2.22. The number of nitrogens with zero attached hydrogens (tertiary/aromatic N) is 2. The van der Waals surface area contributed by atoms with Gasteiger partial charge >= 0.3 is 0 Å². The number of fused-ring (bicyclic) bond motifs is 10. The summed E-state index contributed by atoms with van der Waals surface area (Å²) in [6.45, 7) is 0. The second kappa shape index (κ2) is 12.0. The van der Waals surface area contributed by atoms with Crippen LogP contribution in [0.25, 0.3) is 93.3 Å².